The van der Waals surface area contributed by atoms with Crippen LogP contribution in [0.3, 0.4) is 0 Å². The summed E-state index contributed by atoms with van der Waals surface area (Å²) >= 11 is 0. The molecule has 0 aliphatic heterocycles. The Morgan fingerprint density at radius 1 is 1.14 bits per heavy atom. The van der Waals surface area contributed by atoms with Crippen molar-refractivity contribution in [2.45, 2.75) is 19.8 Å². The molecule has 0 saturated carbocycles. The third-order valence-electron chi connectivity index (χ3n) is 3.69. The van der Waals surface area contributed by atoms with Gasteiger partial charge in [0, 0.05) is 12.7 Å². The standard InChI is InChI=1S/C18H19N3O/c1-2-15-17(21-13-7-6-10-16(21)20-15)18(22)19-12-11-14-8-4-3-5-9-14/h3-10,13H,2,11-12H2,1H3,(H,19,22). The molecule has 1 N–H and O–H groups in total. The van der Waals surface area contributed by atoms with Crippen LogP contribution < -0.4 is 5.32 Å². The average Bonchev–Trinajstić information content (AvgIpc) is 2.94. The minimum absolute atomic E-state index is 0.0634. The van der Waals surface area contributed by atoms with Gasteiger partial charge in [-0.05, 0) is 30.5 Å². The molecule has 0 saturated heterocycles. The summed E-state index contributed by atoms with van der Waals surface area (Å²) in [6.07, 6.45) is 3.45. The summed E-state index contributed by atoms with van der Waals surface area (Å²) < 4.78 is 1.86. The lowest BCUT2D eigenvalue weighted by Gasteiger charge is -2.06. The highest BCUT2D eigenvalue weighted by Crippen LogP contribution is 2.13. The van der Waals surface area contributed by atoms with Crippen molar-refractivity contribution in [2.24, 2.45) is 0 Å². The van der Waals surface area contributed by atoms with Crippen LogP contribution in [0, 0.1) is 0 Å². The van der Waals surface area contributed by atoms with Crippen LogP contribution in [0.2, 0.25) is 0 Å². The van der Waals surface area contributed by atoms with Crippen LogP contribution in [-0.2, 0) is 12.8 Å². The van der Waals surface area contributed by atoms with Crippen molar-refractivity contribution >= 4 is 11.6 Å². The summed E-state index contributed by atoms with van der Waals surface area (Å²) in [5, 5.41) is 3.00. The van der Waals surface area contributed by atoms with Crippen LogP contribution in [0.5, 0.6) is 0 Å². The predicted octanol–water partition coefficient (Wildman–Crippen LogP) is 2.87. The first-order valence-electron chi connectivity index (χ1n) is 7.57. The Hall–Kier alpha value is -2.62. The van der Waals surface area contributed by atoms with Gasteiger partial charge in [0.2, 0.25) is 0 Å². The van der Waals surface area contributed by atoms with Gasteiger partial charge in [-0.1, -0.05) is 43.3 Å². The monoisotopic (exact) mass is 293 g/mol. The number of aromatic nitrogens is 2. The Bertz CT molecular complexity index is 777. The maximum Gasteiger partial charge on any atom is 0.270 e. The summed E-state index contributed by atoms with van der Waals surface area (Å²) in [5.41, 5.74) is 3.51. The summed E-state index contributed by atoms with van der Waals surface area (Å²) in [7, 11) is 0. The third-order valence-corrected chi connectivity index (χ3v) is 3.69. The van der Waals surface area contributed by atoms with Gasteiger partial charge in [0.15, 0.2) is 0 Å². The molecule has 1 aromatic carbocycles. The average molecular weight is 293 g/mol. The molecule has 112 valence electrons. The first-order chi connectivity index (χ1) is 10.8. The Kier molecular flexibility index (Phi) is 4.19. The van der Waals surface area contributed by atoms with Gasteiger partial charge in [-0.25, -0.2) is 4.98 Å². The fourth-order valence-corrected chi connectivity index (χ4v) is 2.58. The number of amides is 1. The summed E-state index contributed by atoms with van der Waals surface area (Å²) in [6, 6.07) is 15.9. The van der Waals surface area contributed by atoms with Crippen LogP contribution in [0.25, 0.3) is 5.65 Å². The molecular formula is C18H19N3O. The number of imidazole rings is 1. The lowest BCUT2D eigenvalue weighted by atomic mass is 10.1. The predicted molar refractivity (Wildman–Crippen MR) is 87.0 cm³/mol. The first-order valence-corrected chi connectivity index (χ1v) is 7.57. The van der Waals surface area contributed by atoms with Gasteiger partial charge in [-0.2, -0.15) is 0 Å². The van der Waals surface area contributed by atoms with Gasteiger partial charge in [-0.15, -0.1) is 0 Å². The van der Waals surface area contributed by atoms with Crippen molar-refractivity contribution in [3.63, 3.8) is 0 Å². The van der Waals surface area contributed by atoms with E-state index in [1.54, 1.807) is 0 Å². The highest BCUT2D eigenvalue weighted by Gasteiger charge is 2.17. The SMILES string of the molecule is CCc1nc2ccccn2c1C(=O)NCCc1ccccc1. The lowest BCUT2D eigenvalue weighted by molar-refractivity contribution is 0.0947. The maximum atomic E-state index is 12.5. The molecule has 22 heavy (non-hydrogen) atoms. The van der Waals surface area contributed by atoms with Crippen LogP contribution >= 0.6 is 0 Å². The lowest BCUT2D eigenvalue weighted by Crippen LogP contribution is -2.27. The van der Waals surface area contributed by atoms with Gasteiger partial charge < -0.3 is 5.32 Å². The van der Waals surface area contributed by atoms with Crippen molar-refractivity contribution < 1.29 is 4.79 Å². The Labute approximate surface area is 129 Å². The normalized spacial score (nSPS) is 10.8. The zero-order valence-corrected chi connectivity index (χ0v) is 12.6. The molecule has 0 spiro atoms. The summed E-state index contributed by atoms with van der Waals surface area (Å²) in [5.74, 6) is -0.0634. The molecule has 3 aromatic rings. The molecule has 0 bridgehead atoms. The van der Waals surface area contributed by atoms with Crippen LogP contribution in [-0.4, -0.2) is 21.8 Å². The minimum Gasteiger partial charge on any atom is -0.350 e. The molecule has 0 atom stereocenters. The molecule has 1 amide bonds. The van der Waals surface area contributed by atoms with E-state index in [1.807, 2.05) is 53.9 Å². The molecule has 0 aliphatic carbocycles. The number of hydrogen-bond donors (Lipinski definition) is 1. The third kappa shape index (κ3) is 2.86. The number of pyridine rings is 1. The second-order valence-electron chi connectivity index (χ2n) is 5.18. The van der Waals surface area contributed by atoms with E-state index in [4.69, 9.17) is 0 Å². The number of carbonyl (C=O) groups excluding carboxylic acids is 1. The molecule has 0 aliphatic rings. The van der Waals surface area contributed by atoms with Gasteiger partial charge in [-0.3, -0.25) is 9.20 Å². The van der Waals surface area contributed by atoms with E-state index in [0.29, 0.717) is 12.2 Å². The molecule has 0 unspecified atom stereocenters. The van der Waals surface area contributed by atoms with Crippen LogP contribution in [0.15, 0.2) is 54.7 Å². The number of aryl methyl sites for hydroxylation is 1. The van der Waals surface area contributed by atoms with E-state index in [-0.39, 0.29) is 5.91 Å². The quantitative estimate of drug-likeness (QED) is 0.786. The molecule has 2 aromatic heterocycles. The number of nitrogens with one attached hydrogen (secondary N) is 1. The highest BCUT2D eigenvalue weighted by molar-refractivity contribution is 5.94. The van der Waals surface area contributed by atoms with E-state index < -0.39 is 0 Å². The van der Waals surface area contributed by atoms with E-state index in [9.17, 15) is 4.79 Å². The molecule has 4 heteroatoms. The van der Waals surface area contributed by atoms with Gasteiger partial charge in [0.05, 0.1) is 5.69 Å². The molecule has 4 nitrogen and oxygen atoms in total. The minimum atomic E-state index is -0.0634. The van der Waals surface area contributed by atoms with E-state index in [2.05, 4.69) is 22.4 Å². The van der Waals surface area contributed by atoms with Crippen LogP contribution in [0.1, 0.15) is 28.7 Å². The highest BCUT2D eigenvalue weighted by atomic mass is 16.1. The number of fused-ring (bicyclic) bond motifs is 1. The fraction of sp³-hybridized carbons (Fsp3) is 0.222. The number of benzene rings is 1. The maximum absolute atomic E-state index is 12.5. The van der Waals surface area contributed by atoms with Gasteiger partial charge >= 0.3 is 0 Å². The smallest absolute Gasteiger partial charge is 0.270 e. The fourth-order valence-electron chi connectivity index (χ4n) is 2.58. The number of nitrogens with zero attached hydrogens (tertiary/aromatic N) is 2. The van der Waals surface area contributed by atoms with E-state index in [0.717, 1.165) is 24.2 Å². The summed E-state index contributed by atoms with van der Waals surface area (Å²) in [4.78, 5) is 17.0. The Morgan fingerprint density at radius 3 is 2.68 bits per heavy atom. The molecular weight excluding hydrogens is 274 g/mol. The van der Waals surface area contributed by atoms with Crippen molar-refractivity contribution in [1.82, 2.24) is 14.7 Å². The number of carbonyl (C=O) groups is 1. The largest absolute Gasteiger partial charge is 0.350 e. The molecule has 2 heterocycles. The zero-order valence-electron chi connectivity index (χ0n) is 12.6. The van der Waals surface area contributed by atoms with Crippen molar-refractivity contribution in [3.05, 3.63) is 71.7 Å². The molecule has 3 rings (SSSR count). The topological polar surface area (TPSA) is 46.4 Å². The van der Waals surface area contributed by atoms with Crippen molar-refractivity contribution in [3.8, 4) is 0 Å². The number of hydrogen-bond acceptors (Lipinski definition) is 2. The Morgan fingerprint density at radius 2 is 1.91 bits per heavy atom. The Balaban J connectivity index is 1.75. The van der Waals surface area contributed by atoms with Gasteiger partial charge in [0.25, 0.3) is 5.91 Å². The number of rotatable bonds is 5. The van der Waals surface area contributed by atoms with Crippen molar-refractivity contribution in [1.29, 1.82) is 0 Å². The molecule has 0 fully saturated rings. The van der Waals surface area contributed by atoms with Gasteiger partial charge in [0.1, 0.15) is 11.3 Å². The first kappa shape index (κ1) is 14.3. The second kappa shape index (κ2) is 6.43. The zero-order chi connectivity index (χ0) is 15.4. The van der Waals surface area contributed by atoms with E-state index in [1.165, 1.54) is 5.56 Å². The molecule has 0 radical (unpaired) electrons. The van der Waals surface area contributed by atoms with E-state index >= 15 is 0 Å². The van der Waals surface area contributed by atoms with Crippen LogP contribution in [0.4, 0.5) is 0 Å². The van der Waals surface area contributed by atoms with Crippen molar-refractivity contribution in [2.75, 3.05) is 6.54 Å². The second-order valence-corrected chi connectivity index (χ2v) is 5.18. The summed E-state index contributed by atoms with van der Waals surface area (Å²) in [6.45, 7) is 2.63.